The summed E-state index contributed by atoms with van der Waals surface area (Å²) in [5.74, 6) is 0.356. The molecular formula is C21H26F2IN5O4. The normalized spacial score (nSPS) is 10.9. The Balaban J connectivity index is 0.00000544. The molecule has 0 aliphatic rings. The van der Waals surface area contributed by atoms with Crippen molar-refractivity contribution >= 4 is 41.5 Å². The number of alkyl halides is 2. The molecule has 0 atom stereocenters. The van der Waals surface area contributed by atoms with E-state index in [4.69, 9.17) is 0 Å². The van der Waals surface area contributed by atoms with E-state index >= 15 is 0 Å². The highest BCUT2D eigenvalue weighted by Crippen LogP contribution is 2.16. The van der Waals surface area contributed by atoms with Gasteiger partial charge in [0.1, 0.15) is 5.75 Å². The Morgan fingerprint density at radius 3 is 2.18 bits per heavy atom. The van der Waals surface area contributed by atoms with Gasteiger partial charge in [-0.25, -0.2) is 4.99 Å². The predicted molar refractivity (Wildman–Crippen MR) is 131 cm³/mol. The number of likely N-dealkylation sites (N-methyl/N-ethyl adjacent to an activating group) is 1. The van der Waals surface area contributed by atoms with Crippen LogP contribution in [-0.2, 0) is 17.9 Å². The summed E-state index contributed by atoms with van der Waals surface area (Å²) in [5.41, 5.74) is 1.57. The van der Waals surface area contributed by atoms with E-state index < -0.39 is 11.5 Å². The minimum atomic E-state index is -2.89. The van der Waals surface area contributed by atoms with Crippen molar-refractivity contribution in [3.05, 3.63) is 69.8 Å². The van der Waals surface area contributed by atoms with Crippen LogP contribution in [0.4, 0.5) is 14.5 Å². The highest BCUT2D eigenvalue weighted by molar-refractivity contribution is 14.0. The first kappa shape index (κ1) is 28.0. The standard InChI is InChI=1S/C21H25F2N5O4.HI/c1-26(2)19(29)13-25-21(24-12-15-4-8-17(9-5-15)28(30)31)27(3)14-16-6-10-18(11-7-16)32-20(22)23;/h4-11,20H,12-14H2,1-3H3,(H,24,25);1H. The van der Waals surface area contributed by atoms with Gasteiger partial charge in [0, 0.05) is 39.8 Å². The van der Waals surface area contributed by atoms with Crippen LogP contribution in [0.2, 0.25) is 0 Å². The van der Waals surface area contributed by atoms with Crippen LogP contribution in [0, 0.1) is 10.1 Å². The molecule has 2 rings (SSSR count). The summed E-state index contributed by atoms with van der Waals surface area (Å²) >= 11 is 0. The van der Waals surface area contributed by atoms with Gasteiger partial charge in [-0.1, -0.05) is 24.3 Å². The van der Waals surface area contributed by atoms with Gasteiger partial charge < -0.3 is 19.9 Å². The molecule has 180 valence electrons. The number of nitro groups is 1. The van der Waals surface area contributed by atoms with Crippen LogP contribution in [0.15, 0.2) is 53.5 Å². The maximum Gasteiger partial charge on any atom is 0.387 e. The maximum absolute atomic E-state index is 12.3. The molecule has 0 spiro atoms. The third kappa shape index (κ3) is 9.55. The largest absolute Gasteiger partial charge is 0.435 e. The van der Waals surface area contributed by atoms with Crippen LogP contribution < -0.4 is 10.1 Å². The molecule has 9 nitrogen and oxygen atoms in total. The van der Waals surface area contributed by atoms with E-state index in [1.54, 1.807) is 50.3 Å². The molecule has 0 fully saturated rings. The molecule has 0 aliphatic heterocycles. The average molecular weight is 577 g/mol. The summed E-state index contributed by atoms with van der Waals surface area (Å²) in [4.78, 5) is 30.0. The fraction of sp³-hybridized carbons (Fsp3) is 0.333. The van der Waals surface area contributed by atoms with E-state index in [9.17, 15) is 23.7 Å². The van der Waals surface area contributed by atoms with Crippen molar-refractivity contribution < 1.29 is 23.2 Å². The minimum Gasteiger partial charge on any atom is -0.435 e. The zero-order valence-electron chi connectivity index (χ0n) is 18.4. The topological polar surface area (TPSA) is 100 Å². The number of hydrogen-bond acceptors (Lipinski definition) is 5. The van der Waals surface area contributed by atoms with Gasteiger partial charge in [0.25, 0.3) is 5.69 Å². The fourth-order valence-electron chi connectivity index (χ4n) is 2.64. The first-order valence-electron chi connectivity index (χ1n) is 9.62. The fourth-order valence-corrected chi connectivity index (χ4v) is 2.64. The van der Waals surface area contributed by atoms with Gasteiger partial charge >= 0.3 is 6.61 Å². The van der Waals surface area contributed by atoms with E-state index in [1.807, 2.05) is 0 Å². The van der Waals surface area contributed by atoms with E-state index in [1.165, 1.54) is 29.2 Å². The average Bonchev–Trinajstić information content (AvgIpc) is 2.74. The van der Waals surface area contributed by atoms with Crippen LogP contribution >= 0.6 is 24.0 Å². The number of guanidine groups is 1. The van der Waals surface area contributed by atoms with Crippen LogP contribution in [0.1, 0.15) is 11.1 Å². The second kappa shape index (κ2) is 13.5. The smallest absolute Gasteiger partial charge is 0.387 e. The highest BCUT2D eigenvalue weighted by Gasteiger charge is 2.12. The Labute approximate surface area is 207 Å². The number of non-ortho nitro benzene ring substituents is 1. The molecule has 0 radical (unpaired) electrons. The van der Waals surface area contributed by atoms with E-state index in [2.05, 4.69) is 15.0 Å². The zero-order chi connectivity index (χ0) is 23.7. The SMILES string of the molecule is CN(C)C(=O)CNC(=NCc1ccc([N+](=O)[O-])cc1)N(C)Cc1ccc(OC(F)F)cc1.I. The number of nitrogens with one attached hydrogen (secondary N) is 1. The minimum absolute atomic E-state index is 0. The maximum atomic E-state index is 12.3. The lowest BCUT2D eigenvalue weighted by Crippen LogP contribution is -2.43. The molecule has 1 amide bonds. The van der Waals surface area contributed by atoms with E-state index in [0.717, 1.165) is 11.1 Å². The van der Waals surface area contributed by atoms with Crippen LogP contribution in [-0.4, -0.2) is 60.9 Å². The van der Waals surface area contributed by atoms with Gasteiger partial charge in [0.05, 0.1) is 18.0 Å². The Kier molecular flexibility index (Phi) is 11.5. The first-order valence-corrected chi connectivity index (χ1v) is 9.62. The monoisotopic (exact) mass is 577 g/mol. The molecule has 2 aromatic carbocycles. The van der Waals surface area contributed by atoms with Crippen molar-refractivity contribution in [3.63, 3.8) is 0 Å². The molecule has 12 heteroatoms. The second-order valence-corrected chi connectivity index (χ2v) is 7.08. The van der Waals surface area contributed by atoms with Crippen LogP contribution in [0.25, 0.3) is 0 Å². The van der Waals surface area contributed by atoms with Gasteiger partial charge in [0.15, 0.2) is 5.96 Å². The number of rotatable bonds is 9. The molecule has 0 aliphatic carbocycles. The number of hydrogen-bond donors (Lipinski definition) is 1. The van der Waals surface area contributed by atoms with Crippen molar-refractivity contribution in [2.24, 2.45) is 4.99 Å². The molecule has 1 N–H and O–H groups in total. The molecule has 33 heavy (non-hydrogen) atoms. The Morgan fingerprint density at radius 1 is 1.09 bits per heavy atom. The molecule has 0 unspecified atom stereocenters. The number of amides is 1. The summed E-state index contributed by atoms with van der Waals surface area (Å²) < 4.78 is 29.0. The number of benzene rings is 2. The lowest BCUT2D eigenvalue weighted by molar-refractivity contribution is -0.384. The van der Waals surface area contributed by atoms with Gasteiger partial charge in [0.2, 0.25) is 5.91 Å². The number of carbonyl (C=O) groups is 1. The predicted octanol–water partition coefficient (Wildman–Crippen LogP) is 3.48. The van der Waals surface area contributed by atoms with Crippen molar-refractivity contribution in [1.82, 2.24) is 15.1 Å². The summed E-state index contributed by atoms with van der Waals surface area (Å²) in [7, 11) is 5.06. The summed E-state index contributed by atoms with van der Waals surface area (Å²) in [6.45, 7) is -2.24. The lowest BCUT2D eigenvalue weighted by Gasteiger charge is -2.23. The van der Waals surface area contributed by atoms with Crippen molar-refractivity contribution in [3.8, 4) is 5.75 Å². The van der Waals surface area contributed by atoms with Gasteiger partial charge in [-0.15, -0.1) is 24.0 Å². The van der Waals surface area contributed by atoms with Gasteiger partial charge in [-0.3, -0.25) is 14.9 Å². The summed E-state index contributed by atoms with van der Waals surface area (Å²) in [5, 5.41) is 13.8. The van der Waals surface area contributed by atoms with Crippen LogP contribution in [0.5, 0.6) is 5.75 Å². The molecule has 0 saturated heterocycles. The highest BCUT2D eigenvalue weighted by atomic mass is 127. The number of nitrogens with zero attached hydrogens (tertiary/aromatic N) is 4. The van der Waals surface area contributed by atoms with E-state index in [-0.39, 0.29) is 54.4 Å². The van der Waals surface area contributed by atoms with E-state index in [0.29, 0.717) is 12.5 Å². The number of nitro benzene ring substituents is 1. The summed E-state index contributed by atoms with van der Waals surface area (Å²) in [6.07, 6.45) is 0. The molecule has 0 aromatic heterocycles. The number of aliphatic imine (C=N–C) groups is 1. The Hall–Kier alpha value is -3.03. The molecule has 2 aromatic rings. The molecule has 0 bridgehead atoms. The van der Waals surface area contributed by atoms with Crippen molar-refractivity contribution in [1.29, 1.82) is 0 Å². The molecule has 0 heterocycles. The first-order chi connectivity index (χ1) is 15.2. The zero-order valence-corrected chi connectivity index (χ0v) is 20.7. The number of halogens is 3. The third-order valence-corrected chi connectivity index (χ3v) is 4.38. The van der Waals surface area contributed by atoms with Crippen LogP contribution in [0.3, 0.4) is 0 Å². The van der Waals surface area contributed by atoms with Gasteiger partial charge in [-0.2, -0.15) is 8.78 Å². The van der Waals surface area contributed by atoms with Crippen molar-refractivity contribution in [2.45, 2.75) is 19.7 Å². The lowest BCUT2D eigenvalue weighted by atomic mass is 10.2. The number of ether oxygens (including phenoxy) is 1. The third-order valence-electron chi connectivity index (χ3n) is 4.38. The Bertz CT molecular complexity index is 941. The summed E-state index contributed by atoms with van der Waals surface area (Å²) in [6, 6.07) is 12.3. The quantitative estimate of drug-likeness (QED) is 0.161. The van der Waals surface area contributed by atoms with Crippen molar-refractivity contribution in [2.75, 3.05) is 27.7 Å². The number of carbonyl (C=O) groups excluding carboxylic acids is 1. The van der Waals surface area contributed by atoms with Gasteiger partial charge in [-0.05, 0) is 23.3 Å². The molecule has 0 saturated carbocycles. The second-order valence-electron chi connectivity index (χ2n) is 7.08. The Morgan fingerprint density at radius 2 is 1.67 bits per heavy atom. The molecular weight excluding hydrogens is 551 g/mol.